The normalized spacial score (nSPS) is 9.80. The Morgan fingerprint density at radius 2 is 2.50 bits per heavy atom. The standard InChI is InChI=1S/C3HBrIN3O2/c4-3-6-2(8(9)10)1-7(3)5/h1H. The van der Waals surface area contributed by atoms with E-state index in [2.05, 4.69) is 20.9 Å². The number of nitro groups is 1. The van der Waals surface area contributed by atoms with Gasteiger partial charge in [0.2, 0.25) is 0 Å². The minimum absolute atomic E-state index is 0.152. The Bertz CT molecular complexity index is 253. The van der Waals surface area contributed by atoms with Crippen LogP contribution in [0.3, 0.4) is 0 Å². The molecule has 5 nitrogen and oxygen atoms in total. The number of nitrogens with zero attached hydrogens (tertiary/aromatic N) is 3. The lowest BCUT2D eigenvalue weighted by atomic mass is 10.8. The number of hydrogen-bond acceptors (Lipinski definition) is 3. The van der Waals surface area contributed by atoms with Crippen LogP contribution in [0.25, 0.3) is 0 Å². The number of hydrogen-bond donors (Lipinski definition) is 0. The highest BCUT2D eigenvalue weighted by molar-refractivity contribution is 14.1. The van der Waals surface area contributed by atoms with E-state index in [0.717, 1.165) is 0 Å². The molecule has 1 aromatic rings. The molecule has 0 unspecified atom stereocenters. The van der Waals surface area contributed by atoms with Crippen LogP contribution in [0.1, 0.15) is 0 Å². The van der Waals surface area contributed by atoms with Crippen molar-refractivity contribution in [3.8, 4) is 0 Å². The van der Waals surface area contributed by atoms with Crippen molar-refractivity contribution >= 4 is 44.6 Å². The van der Waals surface area contributed by atoms with Gasteiger partial charge in [0.05, 0.1) is 22.9 Å². The predicted octanol–water partition coefficient (Wildman–Crippen LogP) is 1.75. The fourth-order valence-corrected chi connectivity index (χ4v) is 1.05. The van der Waals surface area contributed by atoms with Crippen molar-refractivity contribution < 1.29 is 4.92 Å². The van der Waals surface area contributed by atoms with E-state index in [1.807, 2.05) is 22.9 Å². The topological polar surface area (TPSA) is 61.0 Å². The van der Waals surface area contributed by atoms with Crippen molar-refractivity contribution in [2.24, 2.45) is 0 Å². The van der Waals surface area contributed by atoms with E-state index < -0.39 is 4.92 Å². The molecule has 54 valence electrons. The monoisotopic (exact) mass is 317 g/mol. The van der Waals surface area contributed by atoms with Gasteiger partial charge in [-0.05, 0) is 9.91 Å². The Kier molecular flexibility index (Phi) is 2.24. The molecule has 0 saturated carbocycles. The van der Waals surface area contributed by atoms with Crippen molar-refractivity contribution in [1.29, 1.82) is 0 Å². The van der Waals surface area contributed by atoms with Gasteiger partial charge in [0.15, 0.2) is 0 Å². The molecule has 0 radical (unpaired) electrons. The molecule has 0 bridgehead atoms. The second kappa shape index (κ2) is 2.82. The van der Waals surface area contributed by atoms with Gasteiger partial charge < -0.3 is 10.1 Å². The zero-order chi connectivity index (χ0) is 7.72. The molecule has 0 fully saturated rings. The van der Waals surface area contributed by atoms with Gasteiger partial charge in [0, 0.05) is 15.9 Å². The molecular formula is C3HBrIN3O2. The molecule has 0 N–H and O–H groups in total. The second-order valence-corrected chi connectivity index (χ2v) is 3.19. The first-order valence-electron chi connectivity index (χ1n) is 2.16. The summed E-state index contributed by atoms with van der Waals surface area (Å²) in [5.74, 6) is -0.152. The maximum Gasteiger partial charge on any atom is 0.383 e. The molecule has 10 heavy (non-hydrogen) atoms. The molecule has 0 aliphatic carbocycles. The summed E-state index contributed by atoms with van der Waals surface area (Å²) in [6.07, 6.45) is 1.32. The minimum atomic E-state index is -0.542. The van der Waals surface area contributed by atoms with Gasteiger partial charge in [-0.1, -0.05) is 0 Å². The molecule has 0 spiro atoms. The number of rotatable bonds is 1. The Morgan fingerprint density at radius 3 is 2.70 bits per heavy atom. The summed E-state index contributed by atoms with van der Waals surface area (Å²) in [6, 6.07) is 0. The first kappa shape index (κ1) is 7.92. The maximum absolute atomic E-state index is 10.1. The number of imidazole rings is 1. The molecule has 0 saturated heterocycles. The zero-order valence-corrected chi connectivity index (χ0v) is 8.23. The first-order chi connectivity index (χ1) is 4.61. The summed E-state index contributed by atoms with van der Waals surface area (Å²) in [4.78, 5) is 13.1. The summed E-state index contributed by atoms with van der Waals surface area (Å²) in [6.45, 7) is 0. The summed E-state index contributed by atoms with van der Waals surface area (Å²) < 4.78 is 1.94. The minimum Gasteiger partial charge on any atom is -0.358 e. The lowest BCUT2D eigenvalue weighted by Crippen LogP contribution is -1.85. The van der Waals surface area contributed by atoms with Crippen molar-refractivity contribution in [1.82, 2.24) is 7.76 Å². The Morgan fingerprint density at radius 1 is 1.90 bits per heavy atom. The highest BCUT2D eigenvalue weighted by Gasteiger charge is 2.13. The number of aromatic nitrogens is 2. The van der Waals surface area contributed by atoms with Gasteiger partial charge in [-0.3, -0.25) is 0 Å². The van der Waals surface area contributed by atoms with E-state index in [1.54, 1.807) is 0 Å². The smallest absolute Gasteiger partial charge is 0.358 e. The summed E-state index contributed by atoms with van der Waals surface area (Å²) in [5.41, 5.74) is 0. The lowest BCUT2D eigenvalue weighted by Gasteiger charge is -1.81. The average molecular weight is 318 g/mol. The largest absolute Gasteiger partial charge is 0.383 e. The highest BCUT2D eigenvalue weighted by Crippen LogP contribution is 2.17. The van der Waals surface area contributed by atoms with Crippen LogP contribution >= 0.6 is 38.8 Å². The van der Waals surface area contributed by atoms with Gasteiger partial charge in [-0.15, -0.1) is 0 Å². The zero-order valence-electron chi connectivity index (χ0n) is 4.49. The molecular weight excluding hydrogens is 317 g/mol. The van der Waals surface area contributed by atoms with Crippen LogP contribution in [-0.4, -0.2) is 12.7 Å². The second-order valence-electron chi connectivity index (χ2n) is 1.44. The van der Waals surface area contributed by atoms with E-state index >= 15 is 0 Å². The molecule has 0 aliphatic rings. The summed E-state index contributed by atoms with van der Waals surface area (Å²) in [5, 5.41) is 10.1. The SMILES string of the molecule is O=[N+]([O-])c1cn(I)c(Br)n1. The maximum atomic E-state index is 10.1. The van der Waals surface area contributed by atoms with Gasteiger partial charge in [-0.25, -0.2) is 2.78 Å². The van der Waals surface area contributed by atoms with Crippen LogP contribution in [0, 0.1) is 10.1 Å². The van der Waals surface area contributed by atoms with Gasteiger partial charge in [0.25, 0.3) is 4.73 Å². The van der Waals surface area contributed by atoms with Gasteiger partial charge >= 0.3 is 5.82 Å². The Hall–Kier alpha value is -0.180. The van der Waals surface area contributed by atoms with Gasteiger partial charge in [0.1, 0.15) is 6.20 Å². The summed E-state index contributed by atoms with van der Waals surface area (Å²) >= 11 is 4.91. The van der Waals surface area contributed by atoms with E-state index in [1.165, 1.54) is 8.98 Å². The molecule has 7 heteroatoms. The van der Waals surface area contributed by atoms with E-state index in [0.29, 0.717) is 4.73 Å². The van der Waals surface area contributed by atoms with Crippen LogP contribution in [-0.2, 0) is 0 Å². The van der Waals surface area contributed by atoms with Crippen molar-refractivity contribution in [3.63, 3.8) is 0 Å². The van der Waals surface area contributed by atoms with Gasteiger partial charge in [-0.2, -0.15) is 0 Å². The van der Waals surface area contributed by atoms with E-state index in [9.17, 15) is 10.1 Å². The molecule has 0 amide bonds. The molecule has 0 aliphatic heterocycles. The Balaban J connectivity index is 3.10. The van der Waals surface area contributed by atoms with Crippen LogP contribution in [0.2, 0.25) is 0 Å². The third-order valence-electron chi connectivity index (χ3n) is 0.799. The predicted molar refractivity (Wildman–Crippen MR) is 46.0 cm³/mol. The fraction of sp³-hybridized carbons (Fsp3) is 0. The van der Waals surface area contributed by atoms with Crippen LogP contribution in [0.15, 0.2) is 10.9 Å². The summed E-state index contributed by atoms with van der Waals surface area (Å²) in [7, 11) is 0. The first-order valence-corrected chi connectivity index (χ1v) is 3.92. The van der Waals surface area contributed by atoms with Crippen LogP contribution in [0.4, 0.5) is 5.82 Å². The van der Waals surface area contributed by atoms with E-state index in [4.69, 9.17) is 0 Å². The number of halogens is 2. The molecule has 0 aromatic carbocycles. The molecule has 1 aromatic heterocycles. The van der Waals surface area contributed by atoms with Crippen LogP contribution < -0.4 is 0 Å². The molecule has 1 rings (SSSR count). The quantitative estimate of drug-likeness (QED) is 0.450. The fourth-order valence-electron chi connectivity index (χ4n) is 0.414. The molecule has 1 heterocycles. The Labute approximate surface area is 78.2 Å². The third kappa shape index (κ3) is 1.45. The lowest BCUT2D eigenvalue weighted by molar-refractivity contribution is -0.389. The third-order valence-corrected chi connectivity index (χ3v) is 2.76. The van der Waals surface area contributed by atoms with Crippen molar-refractivity contribution in [2.75, 3.05) is 0 Å². The highest BCUT2D eigenvalue weighted by atomic mass is 127. The van der Waals surface area contributed by atoms with Crippen molar-refractivity contribution in [2.45, 2.75) is 0 Å². The molecule has 0 atom stereocenters. The van der Waals surface area contributed by atoms with Crippen molar-refractivity contribution in [3.05, 3.63) is 21.0 Å². The van der Waals surface area contributed by atoms with E-state index in [-0.39, 0.29) is 5.82 Å². The van der Waals surface area contributed by atoms with Crippen LogP contribution in [0.5, 0.6) is 0 Å². The average Bonchev–Trinajstić information content (AvgIpc) is 2.13.